The van der Waals surface area contributed by atoms with Gasteiger partial charge in [0.2, 0.25) is 0 Å². The van der Waals surface area contributed by atoms with E-state index in [9.17, 15) is 19.2 Å². The van der Waals surface area contributed by atoms with Crippen LogP contribution in [0.25, 0.3) is 0 Å². The summed E-state index contributed by atoms with van der Waals surface area (Å²) in [5.74, 6) is -2.74. The molecule has 2 aromatic carbocycles. The van der Waals surface area contributed by atoms with Gasteiger partial charge in [-0.3, -0.25) is 0 Å². The van der Waals surface area contributed by atoms with Crippen LogP contribution in [0.4, 0.5) is 0 Å². The Hall–Kier alpha value is -1.60. The first kappa shape index (κ1) is 31.4. The molecule has 0 spiro atoms. The third-order valence-corrected chi connectivity index (χ3v) is 4.04. The molecule has 0 aliphatic carbocycles. The summed E-state index contributed by atoms with van der Waals surface area (Å²) in [6.45, 7) is 0. The van der Waals surface area contributed by atoms with Crippen LogP contribution in [0.3, 0.4) is 0 Å². The van der Waals surface area contributed by atoms with Crippen molar-refractivity contribution in [3.05, 3.63) is 68.7 Å². The van der Waals surface area contributed by atoms with Crippen LogP contribution in [-0.2, 0) is 14.2 Å². The first-order valence-electron chi connectivity index (χ1n) is 8.39. The number of carboxylic acids is 1. The van der Waals surface area contributed by atoms with Crippen LogP contribution in [0, 0.1) is 0 Å². The van der Waals surface area contributed by atoms with Gasteiger partial charge in [-0.1, -0.05) is 23.2 Å². The molecule has 0 heterocycles. The zero-order valence-corrected chi connectivity index (χ0v) is 23.5. The van der Waals surface area contributed by atoms with Crippen molar-refractivity contribution in [2.45, 2.75) is 0 Å². The molecule has 0 aliphatic heterocycles. The Kier molecular flexibility index (Phi) is 15.3. The number of hydrogen-bond donors (Lipinski definition) is 1. The van der Waals surface area contributed by atoms with Crippen LogP contribution in [0.2, 0.25) is 10.0 Å². The lowest BCUT2D eigenvalue weighted by atomic mass is 10.1. The van der Waals surface area contributed by atoms with Crippen molar-refractivity contribution in [1.29, 1.82) is 0 Å². The molecule has 0 atom stereocenters. The number of benzene rings is 2. The second-order valence-corrected chi connectivity index (χ2v) is 12.7. The summed E-state index contributed by atoms with van der Waals surface area (Å²) in [4.78, 5) is 43.9. The minimum absolute atomic E-state index is 0.0143. The summed E-state index contributed by atoms with van der Waals surface area (Å²) < 4.78 is 13.7. The van der Waals surface area contributed by atoms with Crippen molar-refractivity contribution >= 4 is 97.5 Å². The SMILES string of the molecule is BrB(Br)Br.COC(=O)c1ccc(C(=O)O)c(Cl)c1.COC(=O)c1ccc(C(=O)OC)c(Cl)c1. The Morgan fingerprint density at radius 1 is 0.727 bits per heavy atom. The lowest BCUT2D eigenvalue weighted by Crippen LogP contribution is -2.05. The van der Waals surface area contributed by atoms with Crippen LogP contribution < -0.4 is 0 Å². The maximum atomic E-state index is 11.2. The fraction of sp³-hybridized carbons (Fsp3) is 0.158. The number of rotatable bonds is 4. The summed E-state index contributed by atoms with van der Waals surface area (Å²) in [6.07, 6.45) is 0. The van der Waals surface area contributed by atoms with Crippen molar-refractivity contribution in [2.75, 3.05) is 21.3 Å². The van der Waals surface area contributed by atoms with Gasteiger partial charge in [-0.2, -0.15) is 0 Å². The van der Waals surface area contributed by atoms with Gasteiger partial charge in [-0.25, -0.2) is 19.2 Å². The van der Waals surface area contributed by atoms with Crippen LogP contribution in [0.5, 0.6) is 0 Å². The molecule has 178 valence electrons. The zero-order valence-electron chi connectivity index (χ0n) is 17.2. The van der Waals surface area contributed by atoms with Gasteiger partial charge in [0.25, 0.3) is 0 Å². The van der Waals surface area contributed by atoms with Crippen LogP contribution in [0.1, 0.15) is 41.4 Å². The number of ether oxygens (including phenoxy) is 3. The predicted octanol–water partition coefficient (Wildman–Crippen LogP) is 5.89. The van der Waals surface area contributed by atoms with Gasteiger partial charge < -0.3 is 19.3 Å². The molecule has 14 heteroatoms. The average molecular weight is 694 g/mol. The van der Waals surface area contributed by atoms with Gasteiger partial charge in [0.1, 0.15) is 0 Å². The summed E-state index contributed by atoms with van der Waals surface area (Å²) in [7, 11) is 3.76. The fourth-order valence-corrected chi connectivity index (χ4v) is 2.49. The number of methoxy groups -OCH3 is 3. The van der Waals surface area contributed by atoms with E-state index in [1.54, 1.807) is 0 Å². The maximum absolute atomic E-state index is 11.2. The summed E-state index contributed by atoms with van der Waals surface area (Å²) in [5, 5.41) is 8.82. The highest BCUT2D eigenvalue weighted by Crippen LogP contribution is 2.19. The first-order chi connectivity index (χ1) is 15.4. The summed E-state index contributed by atoms with van der Waals surface area (Å²) in [6, 6.07) is 8.10. The van der Waals surface area contributed by atoms with Crippen molar-refractivity contribution in [3.63, 3.8) is 0 Å². The molecule has 2 aromatic rings. The standard InChI is InChI=1S/C10H9ClO4.C9H7ClO4.BBr3/c1-14-9(12)6-3-4-7(8(11)5-6)10(13)15-2;1-14-9(13)5-2-3-6(8(11)12)7(10)4-5;2-1(3)4/h3-5H,1-2H3;2-4H,1H3,(H,11,12);. The van der Waals surface area contributed by atoms with Crippen molar-refractivity contribution in [1.82, 2.24) is 0 Å². The molecule has 0 unspecified atom stereocenters. The topological polar surface area (TPSA) is 116 Å². The minimum atomic E-state index is -1.13. The van der Waals surface area contributed by atoms with Crippen LogP contribution in [0.15, 0.2) is 36.4 Å². The van der Waals surface area contributed by atoms with E-state index in [1.807, 2.05) is 0 Å². The number of carbonyl (C=O) groups is 4. The van der Waals surface area contributed by atoms with E-state index < -0.39 is 23.9 Å². The minimum Gasteiger partial charge on any atom is -0.478 e. The maximum Gasteiger partial charge on any atom is 0.369 e. The number of carboxylic acid groups (broad SMARTS) is 1. The molecule has 33 heavy (non-hydrogen) atoms. The molecule has 8 nitrogen and oxygen atoms in total. The third-order valence-electron chi connectivity index (χ3n) is 3.42. The largest absolute Gasteiger partial charge is 0.478 e. The molecule has 0 aromatic heterocycles. The van der Waals surface area contributed by atoms with Crippen LogP contribution >= 0.6 is 70.5 Å². The summed E-state index contributed by atoms with van der Waals surface area (Å²) >= 11 is 20.7. The molecule has 0 saturated carbocycles. The van der Waals surface area contributed by atoms with Crippen molar-refractivity contribution in [2.24, 2.45) is 0 Å². The molecule has 1 N–H and O–H groups in total. The Bertz CT molecular complexity index is 1000. The van der Waals surface area contributed by atoms with Gasteiger partial charge in [0.05, 0.1) is 53.6 Å². The number of halogens is 5. The zero-order chi connectivity index (χ0) is 25.7. The highest BCUT2D eigenvalue weighted by Gasteiger charge is 2.14. The van der Waals surface area contributed by atoms with Crippen LogP contribution in [-0.4, -0.2) is 53.5 Å². The number of carbonyl (C=O) groups excluding carboxylic acids is 3. The smallest absolute Gasteiger partial charge is 0.369 e. The van der Waals surface area contributed by atoms with Gasteiger partial charge >= 0.3 is 27.1 Å². The molecule has 0 bridgehead atoms. The molecule has 2 rings (SSSR count). The fourth-order valence-electron chi connectivity index (χ4n) is 1.97. The van der Waals surface area contributed by atoms with Crippen molar-refractivity contribution in [3.8, 4) is 0 Å². The predicted molar refractivity (Wildman–Crippen MR) is 136 cm³/mol. The number of hydrogen-bond acceptors (Lipinski definition) is 7. The van der Waals surface area contributed by atoms with Gasteiger partial charge in [0.15, 0.2) is 0 Å². The molecular formula is C19H16BBr3Cl2O8. The van der Waals surface area contributed by atoms with E-state index >= 15 is 0 Å². The monoisotopic (exact) mass is 690 g/mol. The second-order valence-electron chi connectivity index (χ2n) is 5.42. The quantitative estimate of drug-likeness (QED) is 0.240. The molecular weight excluding hydrogens is 678 g/mol. The number of aromatic carboxylic acids is 1. The lowest BCUT2D eigenvalue weighted by Gasteiger charge is -2.04. The van der Waals surface area contributed by atoms with E-state index in [1.165, 1.54) is 57.7 Å². The highest BCUT2D eigenvalue weighted by molar-refractivity contribution is 9.69. The first-order valence-corrected chi connectivity index (χ1v) is 11.9. The van der Waals surface area contributed by atoms with E-state index in [0.29, 0.717) is 0 Å². The van der Waals surface area contributed by atoms with E-state index in [4.69, 9.17) is 28.3 Å². The molecule has 0 aliphatic rings. The van der Waals surface area contributed by atoms with Gasteiger partial charge in [-0.05, 0) is 36.4 Å². The Morgan fingerprint density at radius 3 is 1.33 bits per heavy atom. The molecule has 0 radical (unpaired) electrons. The Labute approximate surface area is 224 Å². The molecule has 0 fully saturated rings. The van der Waals surface area contributed by atoms with Gasteiger partial charge in [-0.15, -0.1) is 47.3 Å². The normalized spacial score (nSPS) is 9.21. The average Bonchev–Trinajstić information content (AvgIpc) is 2.77. The Balaban J connectivity index is 0.000000536. The molecule has 0 saturated heterocycles. The van der Waals surface area contributed by atoms with E-state index in [2.05, 4.69) is 61.5 Å². The number of esters is 3. The molecule has 0 amide bonds. The summed E-state index contributed by atoms with van der Waals surface area (Å²) in [5.41, 5.74) is 0.684. The van der Waals surface area contributed by atoms with Crippen molar-refractivity contribution < 1.29 is 38.5 Å². The highest BCUT2D eigenvalue weighted by atomic mass is 79.9. The second kappa shape index (κ2) is 16.1. The lowest BCUT2D eigenvalue weighted by molar-refractivity contribution is 0.0587. The van der Waals surface area contributed by atoms with Gasteiger partial charge in [0, 0.05) is 0 Å². The van der Waals surface area contributed by atoms with E-state index in [0.717, 1.165) is 0 Å². The Morgan fingerprint density at radius 2 is 1.06 bits per heavy atom. The third kappa shape index (κ3) is 11.4. The van der Waals surface area contributed by atoms with E-state index in [-0.39, 0.29) is 35.5 Å².